The van der Waals surface area contributed by atoms with Crippen LogP contribution in [0.2, 0.25) is 0 Å². The number of ketones is 1. The smallest absolute Gasteiger partial charge is 0.137 e. The summed E-state index contributed by atoms with van der Waals surface area (Å²) in [4.78, 5) is 12.6. The Hall–Kier alpha value is 0.250. The first-order valence-corrected chi connectivity index (χ1v) is 12.3. The Morgan fingerprint density at radius 3 is 1.89 bits per heavy atom. The van der Waals surface area contributed by atoms with E-state index >= 15 is 0 Å². The van der Waals surface area contributed by atoms with Crippen LogP contribution in [-0.4, -0.2) is 16.0 Å². The number of hydrogen-bond acceptors (Lipinski definition) is 1. The van der Waals surface area contributed by atoms with Gasteiger partial charge in [-0.3, -0.25) is 4.79 Å². The Morgan fingerprint density at radius 1 is 0.963 bits per heavy atom. The third kappa shape index (κ3) is 7.88. The van der Waals surface area contributed by atoms with Gasteiger partial charge in [-0.05, 0) is 64.2 Å². The molecule has 0 saturated carbocycles. The SMILES string of the molecule is CCCCC(Cl)(CCC(C)Cl)C(CC)(CC(CC)CC(CC)CC)C(C)=O. The molecule has 0 aliphatic rings. The second kappa shape index (κ2) is 13.5. The molecule has 0 rings (SSSR count). The third-order valence-corrected chi connectivity index (χ3v) is 7.99. The van der Waals surface area contributed by atoms with Crippen molar-refractivity contribution in [3.63, 3.8) is 0 Å². The van der Waals surface area contributed by atoms with E-state index in [1.165, 1.54) is 19.3 Å². The average molecular weight is 422 g/mol. The maximum absolute atomic E-state index is 13.1. The van der Waals surface area contributed by atoms with E-state index in [1.807, 2.05) is 6.92 Å². The lowest BCUT2D eigenvalue weighted by Gasteiger charge is -2.48. The molecular formula is C24H46Cl2O. The number of rotatable bonds is 16. The van der Waals surface area contributed by atoms with E-state index < -0.39 is 10.3 Å². The fraction of sp³-hybridized carbons (Fsp3) is 0.958. The van der Waals surface area contributed by atoms with Gasteiger partial charge in [0.25, 0.3) is 0 Å². The van der Waals surface area contributed by atoms with Gasteiger partial charge >= 0.3 is 0 Å². The minimum absolute atomic E-state index is 0.0952. The van der Waals surface area contributed by atoms with Crippen molar-refractivity contribution in [1.29, 1.82) is 0 Å². The highest BCUT2D eigenvalue weighted by Gasteiger charge is 2.52. The maximum Gasteiger partial charge on any atom is 0.137 e. The molecule has 0 bridgehead atoms. The average Bonchev–Trinajstić information content (AvgIpc) is 2.65. The number of carbonyl (C=O) groups is 1. The molecule has 3 heteroatoms. The van der Waals surface area contributed by atoms with Crippen molar-refractivity contribution in [2.24, 2.45) is 17.3 Å². The molecule has 0 amide bonds. The Morgan fingerprint density at radius 2 is 1.52 bits per heavy atom. The number of hydrogen-bond donors (Lipinski definition) is 0. The van der Waals surface area contributed by atoms with Crippen molar-refractivity contribution >= 4 is 29.0 Å². The normalized spacial score (nSPS) is 18.7. The fourth-order valence-electron chi connectivity index (χ4n) is 4.82. The van der Waals surface area contributed by atoms with Gasteiger partial charge in [-0.25, -0.2) is 0 Å². The lowest BCUT2D eigenvalue weighted by Crippen LogP contribution is -2.50. The molecule has 0 aliphatic heterocycles. The summed E-state index contributed by atoms with van der Waals surface area (Å²) in [5.41, 5.74) is -0.442. The molecule has 0 radical (unpaired) electrons. The fourth-order valence-corrected chi connectivity index (χ4v) is 5.52. The van der Waals surface area contributed by atoms with Crippen LogP contribution in [0.1, 0.15) is 119 Å². The summed E-state index contributed by atoms with van der Waals surface area (Å²) >= 11 is 13.7. The van der Waals surface area contributed by atoms with Crippen LogP contribution in [-0.2, 0) is 4.79 Å². The lowest BCUT2D eigenvalue weighted by atomic mass is 9.61. The predicted octanol–water partition coefficient (Wildman–Crippen LogP) is 8.79. The second-order valence-corrected chi connectivity index (χ2v) is 10.2. The van der Waals surface area contributed by atoms with Gasteiger partial charge in [0.1, 0.15) is 5.78 Å². The first-order valence-electron chi connectivity index (χ1n) is 11.5. The number of carbonyl (C=O) groups excluding carboxylic acids is 1. The molecular weight excluding hydrogens is 375 g/mol. The predicted molar refractivity (Wildman–Crippen MR) is 123 cm³/mol. The first kappa shape index (κ1) is 27.2. The highest BCUT2D eigenvalue weighted by atomic mass is 35.5. The zero-order valence-corrected chi connectivity index (χ0v) is 20.7. The van der Waals surface area contributed by atoms with Crippen LogP contribution in [0.3, 0.4) is 0 Å². The van der Waals surface area contributed by atoms with Gasteiger partial charge in [-0.1, -0.05) is 66.7 Å². The quantitative estimate of drug-likeness (QED) is 0.228. The topological polar surface area (TPSA) is 17.1 Å². The van der Waals surface area contributed by atoms with Crippen LogP contribution in [0.5, 0.6) is 0 Å². The number of alkyl halides is 2. The lowest BCUT2D eigenvalue weighted by molar-refractivity contribution is -0.131. The van der Waals surface area contributed by atoms with Crippen LogP contribution in [0.4, 0.5) is 0 Å². The van der Waals surface area contributed by atoms with E-state index in [0.29, 0.717) is 5.92 Å². The van der Waals surface area contributed by atoms with Crippen molar-refractivity contribution in [3.8, 4) is 0 Å². The molecule has 4 atom stereocenters. The number of unbranched alkanes of at least 4 members (excludes halogenated alkanes) is 1. The van der Waals surface area contributed by atoms with Crippen molar-refractivity contribution < 1.29 is 4.79 Å². The van der Waals surface area contributed by atoms with Gasteiger partial charge in [0.2, 0.25) is 0 Å². The molecule has 0 saturated heterocycles. The summed E-state index contributed by atoms with van der Waals surface area (Å²) < 4.78 is 0. The van der Waals surface area contributed by atoms with Gasteiger partial charge < -0.3 is 0 Å². The minimum atomic E-state index is -0.478. The highest BCUT2D eigenvalue weighted by molar-refractivity contribution is 6.26. The largest absolute Gasteiger partial charge is 0.299 e. The summed E-state index contributed by atoms with van der Waals surface area (Å²) in [6.07, 6.45) is 11.3. The van der Waals surface area contributed by atoms with E-state index in [1.54, 1.807) is 6.92 Å². The molecule has 0 aromatic carbocycles. The van der Waals surface area contributed by atoms with Crippen LogP contribution in [0, 0.1) is 17.3 Å². The molecule has 0 aliphatic carbocycles. The van der Waals surface area contributed by atoms with Gasteiger partial charge in [0, 0.05) is 10.8 Å². The molecule has 27 heavy (non-hydrogen) atoms. The summed E-state index contributed by atoms with van der Waals surface area (Å²) in [5, 5.41) is 0.0952. The summed E-state index contributed by atoms with van der Waals surface area (Å²) in [5.74, 6) is 1.59. The van der Waals surface area contributed by atoms with Crippen LogP contribution >= 0.6 is 23.2 Å². The van der Waals surface area contributed by atoms with Crippen LogP contribution < -0.4 is 0 Å². The highest BCUT2D eigenvalue weighted by Crippen LogP contribution is 2.52. The number of Topliss-reactive ketones (excluding diaryl/α,β-unsaturated/α-hetero) is 1. The third-order valence-electron chi connectivity index (χ3n) is 7.04. The zero-order chi connectivity index (χ0) is 21.1. The van der Waals surface area contributed by atoms with Crippen LogP contribution in [0.25, 0.3) is 0 Å². The van der Waals surface area contributed by atoms with Crippen molar-refractivity contribution in [3.05, 3.63) is 0 Å². The van der Waals surface area contributed by atoms with E-state index in [0.717, 1.165) is 57.3 Å². The molecule has 1 nitrogen and oxygen atoms in total. The van der Waals surface area contributed by atoms with Gasteiger partial charge in [-0.2, -0.15) is 0 Å². The van der Waals surface area contributed by atoms with Crippen LogP contribution in [0.15, 0.2) is 0 Å². The Kier molecular flexibility index (Phi) is 13.6. The zero-order valence-electron chi connectivity index (χ0n) is 19.2. The van der Waals surface area contributed by atoms with Crippen molar-refractivity contribution in [2.75, 3.05) is 0 Å². The standard InChI is InChI=1S/C24H46Cl2O/c1-8-13-15-24(26,16-14-19(6)25)23(12-5,20(7)27)18-22(11-4)17-21(9-2)10-3/h19,21-22H,8-18H2,1-7H3. The second-order valence-electron chi connectivity index (χ2n) is 8.78. The van der Waals surface area contributed by atoms with E-state index in [2.05, 4.69) is 34.6 Å². The molecule has 4 unspecified atom stereocenters. The molecule has 0 spiro atoms. The number of halogens is 2. The first-order chi connectivity index (χ1) is 12.7. The molecule has 0 heterocycles. The molecule has 0 N–H and O–H groups in total. The Bertz CT molecular complexity index is 405. The Labute approximate surface area is 180 Å². The summed E-state index contributed by atoms with van der Waals surface area (Å²) in [7, 11) is 0. The van der Waals surface area contributed by atoms with Crippen molar-refractivity contribution in [1.82, 2.24) is 0 Å². The van der Waals surface area contributed by atoms with E-state index in [-0.39, 0.29) is 11.2 Å². The Balaban J connectivity index is 5.83. The molecule has 0 aromatic rings. The van der Waals surface area contributed by atoms with Gasteiger partial charge in [0.15, 0.2) is 0 Å². The summed E-state index contributed by atoms with van der Waals surface area (Å²) in [6.45, 7) is 15.0. The monoisotopic (exact) mass is 420 g/mol. The molecule has 0 aromatic heterocycles. The maximum atomic E-state index is 13.1. The minimum Gasteiger partial charge on any atom is -0.299 e. The van der Waals surface area contributed by atoms with Crippen molar-refractivity contribution in [2.45, 2.75) is 129 Å². The molecule has 0 fully saturated rings. The summed E-state index contributed by atoms with van der Waals surface area (Å²) in [6, 6.07) is 0. The van der Waals surface area contributed by atoms with E-state index in [9.17, 15) is 4.79 Å². The molecule has 162 valence electrons. The van der Waals surface area contributed by atoms with E-state index in [4.69, 9.17) is 23.2 Å². The van der Waals surface area contributed by atoms with Gasteiger partial charge in [0.05, 0.1) is 4.87 Å². The van der Waals surface area contributed by atoms with Gasteiger partial charge in [-0.15, -0.1) is 23.2 Å².